The van der Waals surface area contributed by atoms with Crippen molar-refractivity contribution < 1.29 is 19.3 Å². The van der Waals surface area contributed by atoms with Gasteiger partial charge in [0.2, 0.25) is 0 Å². The van der Waals surface area contributed by atoms with Crippen LogP contribution in [0.25, 0.3) is 0 Å². The van der Waals surface area contributed by atoms with E-state index in [4.69, 9.17) is 9.68 Å². The molecule has 42 heavy (non-hydrogen) atoms. The third-order valence-corrected chi connectivity index (χ3v) is 9.24. The van der Waals surface area contributed by atoms with Crippen LogP contribution in [0.4, 0.5) is 0 Å². The normalized spacial score (nSPS) is 21.5. The molecule has 0 N–H and O–H groups in total. The molecule has 0 fully saturated rings. The summed E-state index contributed by atoms with van der Waals surface area (Å²) in [5.41, 5.74) is 11.2. The van der Waals surface area contributed by atoms with E-state index in [1.807, 2.05) is 0 Å². The Bertz CT molecular complexity index is 1310. The molecule has 6 rings (SSSR count). The molecule has 0 saturated carbocycles. The average molecular weight is 569 g/mol. The molecule has 2 aromatic rings. The fourth-order valence-electron chi connectivity index (χ4n) is 6.88. The fraction of sp³-hybridized carbons (Fsp3) is 0.471. The summed E-state index contributed by atoms with van der Waals surface area (Å²) in [5.74, 6) is -0.189. The largest absolute Gasteiger partial charge is 0.356 e. The third kappa shape index (κ3) is 6.42. The number of fused-ring (bicyclic) bond motifs is 2. The van der Waals surface area contributed by atoms with E-state index in [1.54, 1.807) is 12.7 Å². The van der Waals surface area contributed by atoms with Crippen molar-refractivity contribution in [2.24, 2.45) is 21.8 Å². The lowest BCUT2D eigenvalue weighted by Gasteiger charge is -2.17. The van der Waals surface area contributed by atoms with Gasteiger partial charge in [-0.15, -0.1) is 0 Å². The Morgan fingerprint density at radius 1 is 0.667 bits per heavy atom. The van der Waals surface area contributed by atoms with Crippen LogP contribution in [-0.4, -0.2) is 59.9 Å². The first-order valence-electron chi connectivity index (χ1n) is 15.1. The average Bonchev–Trinajstić information content (AvgIpc) is 3.72. The maximum atomic E-state index is 12.3. The number of nitrogens with zero attached hydrogens (tertiary/aromatic N) is 4. The zero-order valence-electron chi connectivity index (χ0n) is 25.0. The second-order valence-corrected chi connectivity index (χ2v) is 12.6. The van der Waals surface area contributed by atoms with Crippen molar-refractivity contribution in [1.29, 1.82) is 0 Å². The highest BCUT2D eigenvalue weighted by Crippen LogP contribution is 2.34. The lowest BCUT2D eigenvalue weighted by molar-refractivity contribution is -0.167. The predicted octanol–water partition coefficient (Wildman–Crippen LogP) is 4.73. The molecule has 2 aliphatic heterocycles. The topological polar surface area (TPSA) is 83.8 Å². The lowest BCUT2D eigenvalue weighted by atomic mass is 9.97. The number of carbonyl (C=O) groups excluding carboxylic acids is 2. The highest BCUT2D eigenvalue weighted by Gasteiger charge is 2.30. The molecule has 4 aliphatic rings. The molecule has 0 amide bonds. The van der Waals surface area contributed by atoms with E-state index in [-0.39, 0.29) is 12.1 Å². The molecule has 0 radical (unpaired) electrons. The molecule has 0 aromatic heterocycles. The Morgan fingerprint density at radius 3 is 1.33 bits per heavy atom. The number of aliphatic imine (C=N–C) groups is 2. The van der Waals surface area contributed by atoms with Gasteiger partial charge in [-0.05, 0) is 123 Å². The first-order valence-corrected chi connectivity index (χ1v) is 15.1. The Hall–Kier alpha value is -3.94. The van der Waals surface area contributed by atoms with E-state index in [2.05, 4.69) is 61.9 Å². The predicted molar refractivity (Wildman–Crippen MR) is 162 cm³/mol. The van der Waals surface area contributed by atoms with Crippen molar-refractivity contribution in [2.45, 2.75) is 78.3 Å². The second-order valence-electron chi connectivity index (χ2n) is 12.6. The van der Waals surface area contributed by atoms with Gasteiger partial charge < -0.3 is 9.68 Å². The zero-order valence-corrected chi connectivity index (χ0v) is 25.0. The zero-order chi connectivity index (χ0) is 29.4. The molecule has 0 saturated heterocycles. The Balaban J connectivity index is 0.888. The first-order chi connectivity index (χ1) is 20.2. The molecule has 0 bridgehead atoms. The maximum Gasteiger partial charge on any atom is 0.356 e. The van der Waals surface area contributed by atoms with Gasteiger partial charge in [-0.2, -0.15) is 10.1 Å². The highest BCUT2D eigenvalue weighted by atomic mass is 16.7. The monoisotopic (exact) mass is 568 g/mol. The molecule has 2 atom stereocenters. The summed E-state index contributed by atoms with van der Waals surface area (Å²) >= 11 is 0. The standard InChI is InChI=1S/C34H40N4O4/c1-21-7-27-11-25(12-28(27)8-22(21)2)15-31-17-37(19-35-31)41-33(39)5-6-34(40)42-38-18-32(36-20-38)16-26-13-29-9-23(3)24(4)10-30(29)14-26/h5-10,19-20,25-26,31-32H,11-18H2,1-4H3/b6-5+. The van der Waals surface area contributed by atoms with Gasteiger partial charge in [0.15, 0.2) is 0 Å². The number of hydrogen-bond acceptors (Lipinski definition) is 8. The minimum absolute atomic E-state index is 0.0854. The van der Waals surface area contributed by atoms with Gasteiger partial charge in [0.05, 0.1) is 25.2 Å². The van der Waals surface area contributed by atoms with Gasteiger partial charge in [-0.25, -0.2) is 9.59 Å². The number of hydroxylamine groups is 4. The summed E-state index contributed by atoms with van der Waals surface area (Å²) in [7, 11) is 0. The van der Waals surface area contributed by atoms with Gasteiger partial charge >= 0.3 is 11.9 Å². The molecule has 220 valence electrons. The van der Waals surface area contributed by atoms with Gasteiger partial charge in [0.1, 0.15) is 12.7 Å². The fourth-order valence-corrected chi connectivity index (χ4v) is 6.88. The summed E-state index contributed by atoms with van der Waals surface area (Å²) in [6, 6.07) is 9.45. The van der Waals surface area contributed by atoms with Crippen LogP contribution in [-0.2, 0) is 44.9 Å². The van der Waals surface area contributed by atoms with Crippen LogP contribution in [0.3, 0.4) is 0 Å². The molecule has 2 heterocycles. The quantitative estimate of drug-likeness (QED) is 0.429. The van der Waals surface area contributed by atoms with Crippen LogP contribution in [0.1, 0.15) is 57.3 Å². The van der Waals surface area contributed by atoms with Crippen LogP contribution >= 0.6 is 0 Å². The van der Waals surface area contributed by atoms with Crippen molar-refractivity contribution in [3.63, 3.8) is 0 Å². The lowest BCUT2D eigenvalue weighted by Crippen LogP contribution is -2.28. The first kappa shape index (κ1) is 28.2. The molecule has 2 unspecified atom stereocenters. The Kier molecular flexibility index (Phi) is 7.88. The molecule has 0 spiro atoms. The molecule has 2 aromatic carbocycles. The van der Waals surface area contributed by atoms with Crippen LogP contribution in [0.2, 0.25) is 0 Å². The Morgan fingerprint density at radius 2 is 1.00 bits per heavy atom. The molecule has 8 heteroatoms. The van der Waals surface area contributed by atoms with Crippen molar-refractivity contribution in [2.75, 3.05) is 13.1 Å². The summed E-state index contributed by atoms with van der Waals surface area (Å²) in [5, 5.41) is 2.89. The van der Waals surface area contributed by atoms with Gasteiger partial charge in [0, 0.05) is 12.2 Å². The highest BCUT2D eigenvalue weighted by molar-refractivity contribution is 5.92. The van der Waals surface area contributed by atoms with E-state index in [0.29, 0.717) is 24.9 Å². The third-order valence-electron chi connectivity index (χ3n) is 9.24. The van der Waals surface area contributed by atoms with Crippen molar-refractivity contribution in [3.05, 3.63) is 80.9 Å². The van der Waals surface area contributed by atoms with Gasteiger partial charge in [-0.1, -0.05) is 24.3 Å². The molecular weight excluding hydrogens is 528 g/mol. The van der Waals surface area contributed by atoms with Gasteiger partial charge in [-0.3, -0.25) is 9.98 Å². The van der Waals surface area contributed by atoms with E-state index < -0.39 is 11.9 Å². The minimum Gasteiger partial charge on any atom is -0.335 e. The maximum absolute atomic E-state index is 12.3. The van der Waals surface area contributed by atoms with E-state index in [9.17, 15) is 9.59 Å². The van der Waals surface area contributed by atoms with E-state index in [0.717, 1.165) is 50.7 Å². The van der Waals surface area contributed by atoms with E-state index in [1.165, 1.54) is 54.6 Å². The van der Waals surface area contributed by atoms with Crippen LogP contribution in [0.5, 0.6) is 0 Å². The van der Waals surface area contributed by atoms with Crippen LogP contribution in [0, 0.1) is 39.5 Å². The molecule has 8 nitrogen and oxygen atoms in total. The number of benzene rings is 2. The second kappa shape index (κ2) is 11.7. The molecular formula is C34H40N4O4. The van der Waals surface area contributed by atoms with Crippen LogP contribution in [0.15, 0.2) is 46.4 Å². The van der Waals surface area contributed by atoms with Crippen molar-refractivity contribution in [1.82, 2.24) is 10.1 Å². The number of hydrogen-bond donors (Lipinski definition) is 0. The summed E-state index contributed by atoms with van der Waals surface area (Å²) in [6.07, 6.45) is 11.5. The Labute approximate surface area is 248 Å². The SMILES string of the molecule is Cc1cc2c(cc1C)CC(CC1CN(OC(=O)/C=C/C(=O)ON3C=NC(CC4Cc5cc(C)c(C)cc5C4)C3)C=N1)C2. The summed E-state index contributed by atoms with van der Waals surface area (Å²) in [6.45, 7) is 9.70. The number of carbonyl (C=O) groups is 2. The molecule has 2 aliphatic carbocycles. The van der Waals surface area contributed by atoms with Crippen molar-refractivity contribution in [3.8, 4) is 0 Å². The van der Waals surface area contributed by atoms with Crippen molar-refractivity contribution >= 4 is 24.6 Å². The minimum atomic E-state index is -0.641. The summed E-state index contributed by atoms with van der Waals surface area (Å²) < 4.78 is 0. The van der Waals surface area contributed by atoms with E-state index >= 15 is 0 Å². The smallest absolute Gasteiger partial charge is 0.335 e. The van der Waals surface area contributed by atoms with Crippen LogP contribution < -0.4 is 0 Å². The van der Waals surface area contributed by atoms with Gasteiger partial charge in [0.25, 0.3) is 0 Å². The number of rotatable bonds is 8. The number of aryl methyl sites for hydroxylation is 4. The summed E-state index contributed by atoms with van der Waals surface area (Å²) in [4.78, 5) is 44.5.